The molecule has 0 amide bonds. The van der Waals surface area contributed by atoms with E-state index in [1.807, 2.05) is 37.3 Å². The molecule has 2 aromatic carbocycles. The number of para-hydroxylation sites is 1. The normalized spacial score (nSPS) is 11.0. The minimum absolute atomic E-state index is 0.147. The fraction of sp³-hybridized carbons (Fsp3) is 0.125. The van der Waals surface area contributed by atoms with Crippen LogP contribution in [0.4, 0.5) is 0 Å². The summed E-state index contributed by atoms with van der Waals surface area (Å²) >= 11 is 6.22. The van der Waals surface area contributed by atoms with Crippen molar-refractivity contribution in [1.82, 2.24) is 9.55 Å². The first-order chi connectivity index (χ1) is 10.1. The molecule has 5 heteroatoms. The largest absolute Gasteiger partial charge is 0.324 e. The highest BCUT2D eigenvalue weighted by molar-refractivity contribution is 6.32. The van der Waals surface area contributed by atoms with E-state index in [1.54, 1.807) is 12.1 Å². The van der Waals surface area contributed by atoms with Crippen molar-refractivity contribution in [3.8, 4) is 5.69 Å². The van der Waals surface area contributed by atoms with Gasteiger partial charge in [0, 0.05) is 0 Å². The second-order valence-electron chi connectivity index (χ2n) is 4.79. The van der Waals surface area contributed by atoms with Crippen LogP contribution >= 0.6 is 11.6 Å². The van der Waals surface area contributed by atoms with Crippen LogP contribution in [0.3, 0.4) is 0 Å². The smallest absolute Gasteiger partial charge is 0.266 e. The molecule has 0 atom stereocenters. The molecule has 3 aromatic rings. The Morgan fingerprint density at radius 2 is 1.95 bits per heavy atom. The van der Waals surface area contributed by atoms with E-state index in [1.165, 1.54) is 4.57 Å². The monoisotopic (exact) mass is 299 g/mol. The van der Waals surface area contributed by atoms with E-state index in [0.717, 1.165) is 5.56 Å². The second kappa shape index (κ2) is 5.31. The third kappa shape index (κ3) is 2.22. The van der Waals surface area contributed by atoms with Crippen LogP contribution in [-0.2, 0) is 6.54 Å². The number of hydrogen-bond acceptors (Lipinski definition) is 3. The van der Waals surface area contributed by atoms with Crippen molar-refractivity contribution in [2.45, 2.75) is 13.5 Å². The van der Waals surface area contributed by atoms with Gasteiger partial charge < -0.3 is 5.73 Å². The number of nitrogens with two attached hydrogens (primary N) is 1. The Labute approximate surface area is 126 Å². The molecule has 0 radical (unpaired) electrons. The first-order valence-electron chi connectivity index (χ1n) is 6.59. The zero-order valence-corrected chi connectivity index (χ0v) is 12.3. The van der Waals surface area contributed by atoms with Crippen LogP contribution in [0.5, 0.6) is 0 Å². The molecular weight excluding hydrogens is 286 g/mol. The van der Waals surface area contributed by atoms with Crippen molar-refractivity contribution in [2.75, 3.05) is 0 Å². The van der Waals surface area contributed by atoms with Crippen LogP contribution in [0.2, 0.25) is 5.02 Å². The lowest BCUT2D eigenvalue weighted by Crippen LogP contribution is -2.26. The van der Waals surface area contributed by atoms with Crippen molar-refractivity contribution < 1.29 is 0 Å². The average Bonchev–Trinajstić information content (AvgIpc) is 2.48. The summed E-state index contributed by atoms with van der Waals surface area (Å²) < 4.78 is 1.50. The topological polar surface area (TPSA) is 60.9 Å². The Hall–Kier alpha value is -2.17. The number of hydrogen-bond donors (Lipinski definition) is 1. The van der Waals surface area contributed by atoms with Crippen molar-refractivity contribution in [3.63, 3.8) is 0 Å². The molecule has 0 aliphatic rings. The SMILES string of the molecule is Cc1cccc2nc(CN)n(-c3ccccc3Cl)c(=O)c12. The lowest BCUT2D eigenvalue weighted by molar-refractivity contribution is 0.816. The second-order valence-corrected chi connectivity index (χ2v) is 5.20. The van der Waals surface area contributed by atoms with Crippen LogP contribution in [-0.4, -0.2) is 9.55 Å². The molecule has 0 aliphatic heterocycles. The summed E-state index contributed by atoms with van der Waals surface area (Å²) in [6.07, 6.45) is 0. The zero-order chi connectivity index (χ0) is 15.0. The Morgan fingerprint density at radius 3 is 2.67 bits per heavy atom. The third-order valence-electron chi connectivity index (χ3n) is 3.45. The molecule has 1 heterocycles. The van der Waals surface area contributed by atoms with Gasteiger partial charge in [0.05, 0.1) is 28.2 Å². The van der Waals surface area contributed by atoms with Crippen LogP contribution < -0.4 is 11.3 Å². The van der Waals surface area contributed by atoms with E-state index in [0.29, 0.717) is 27.4 Å². The molecule has 3 rings (SSSR count). The van der Waals surface area contributed by atoms with Crippen LogP contribution in [0.25, 0.3) is 16.6 Å². The minimum Gasteiger partial charge on any atom is -0.324 e. The van der Waals surface area contributed by atoms with E-state index in [9.17, 15) is 4.79 Å². The molecular formula is C16H14ClN3O. The maximum Gasteiger partial charge on any atom is 0.266 e. The summed E-state index contributed by atoms with van der Waals surface area (Å²) in [5, 5.41) is 1.08. The summed E-state index contributed by atoms with van der Waals surface area (Å²) in [5.41, 5.74) is 7.76. The molecule has 0 aliphatic carbocycles. The predicted octanol–water partition coefficient (Wildman–Crippen LogP) is 2.81. The van der Waals surface area contributed by atoms with Gasteiger partial charge in [-0.15, -0.1) is 0 Å². The summed E-state index contributed by atoms with van der Waals surface area (Å²) in [7, 11) is 0. The van der Waals surface area contributed by atoms with Gasteiger partial charge in [-0.05, 0) is 30.7 Å². The minimum atomic E-state index is -0.147. The quantitative estimate of drug-likeness (QED) is 0.791. The molecule has 0 fully saturated rings. The van der Waals surface area contributed by atoms with Gasteiger partial charge >= 0.3 is 0 Å². The first kappa shape index (κ1) is 13.8. The predicted molar refractivity (Wildman–Crippen MR) is 85.0 cm³/mol. The van der Waals surface area contributed by atoms with Crippen molar-refractivity contribution in [1.29, 1.82) is 0 Å². The van der Waals surface area contributed by atoms with Gasteiger partial charge in [0.2, 0.25) is 0 Å². The highest BCUT2D eigenvalue weighted by Gasteiger charge is 2.14. The fourth-order valence-electron chi connectivity index (χ4n) is 2.46. The molecule has 106 valence electrons. The van der Waals surface area contributed by atoms with E-state index >= 15 is 0 Å². The Balaban J connectivity index is 2.48. The number of rotatable bonds is 2. The van der Waals surface area contributed by atoms with Gasteiger partial charge in [-0.3, -0.25) is 9.36 Å². The van der Waals surface area contributed by atoms with Gasteiger partial charge in [0.15, 0.2) is 0 Å². The molecule has 0 saturated carbocycles. The molecule has 4 nitrogen and oxygen atoms in total. The number of benzene rings is 2. The molecule has 21 heavy (non-hydrogen) atoms. The van der Waals surface area contributed by atoms with Gasteiger partial charge in [0.25, 0.3) is 5.56 Å². The first-order valence-corrected chi connectivity index (χ1v) is 6.97. The van der Waals surface area contributed by atoms with Crippen LogP contribution in [0.1, 0.15) is 11.4 Å². The molecule has 0 unspecified atom stereocenters. The molecule has 0 spiro atoms. The standard InChI is InChI=1S/C16H14ClN3O/c1-10-5-4-7-12-15(10)16(21)20(14(9-18)19-12)13-8-3-2-6-11(13)17/h2-8H,9,18H2,1H3. The number of aromatic nitrogens is 2. The molecule has 0 bridgehead atoms. The van der Waals surface area contributed by atoms with Gasteiger partial charge in [-0.2, -0.15) is 0 Å². The maximum absolute atomic E-state index is 12.9. The Kier molecular flexibility index (Phi) is 3.49. The number of aryl methyl sites for hydroxylation is 1. The zero-order valence-electron chi connectivity index (χ0n) is 11.5. The summed E-state index contributed by atoms with van der Waals surface area (Å²) in [6, 6.07) is 12.8. The summed E-state index contributed by atoms with van der Waals surface area (Å²) in [4.78, 5) is 17.4. The number of halogens is 1. The van der Waals surface area contributed by atoms with Crippen molar-refractivity contribution >= 4 is 22.5 Å². The van der Waals surface area contributed by atoms with Gasteiger partial charge in [-0.1, -0.05) is 35.9 Å². The molecule has 1 aromatic heterocycles. The number of nitrogens with zero attached hydrogens (tertiary/aromatic N) is 2. The van der Waals surface area contributed by atoms with E-state index in [-0.39, 0.29) is 12.1 Å². The third-order valence-corrected chi connectivity index (χ3v) is 3.77. The average molecular weight is 300 g/mol. The Morgan fingerprint density at radius 1 is 1.19 bits per heavy atom. The highest BCUT2D eigenvalue weighted by Crippen LogP contribution is 2.21. The van der Waals surface area contributed by atoms with Crippen LogP contribution in [0.15, 0.2) is 47.3 Å². The summed E-state index contributed by atoms with van der Waals surface area (Å²) in [6.45, 7) is 2.05. The van der Waals surface area contributed by atoms with Gasteiger partial charge in [-0.25, -0.2) is 4.98 Å². The van der Waals surface area contributed by atoms with E-state index in [4.69, 9.17) is 17.3 Å². The maximum atomic E-state index is 12.9. The van der Waals surface area contributed by atoms with E-state index in [2.05, 4.69) is 4.98 Å². The lowest BCUT2D eigenvalue weighted by Gasteiger charge is -2.14. The molecule has 0 saturated heterocycles. The van der Waals surface area contributed by atoms with Gasteiger partial charge in [0.1, 0.15) is 5.82 Å². The van der Waals surface area contributed by atoms with Crippen LogP contribution in [0, 0.1) is 6.92 Å². The Bertz CT molecular complexity index is 886. The number of fused-ring (bicyclic) bond motifs is 1. The molecule has 2 N–H and O–H groups in total. The lowest BCUT2D eigenvalue weighted by atomic mass is 10.1. The highest BCUT2D eigenvalue weighted by atomic mass is 35.5. The van der Waals surface area contributed by atoms with Crippen molar-refractivity contribution in [2.24, 2.45) is 5.73 Å². The van der Waals surface area contributed by atoms with Crippen molar-refractivity contribution in [3.05, 3.63) is 69.2 Å². The summed E-state index contributed by atoms with van der Waals surface area (Å²) in [5.74, 6) is 0.492. The fourth-order valence-corrected chi connectivity index (χ4v) is 2.68. The van der Waals surface area contributed by atoms with E-state index < -0.39 is 0 Å².